The molecule has 0 saturated heterocycles. The number of hydrogen-bond acceptors (Lipinski definition) is 4. The second kappa shape index (κ2) is 12.1. The van der Waals surface area contributed by atoms with Crippen molar-refractivity contribution in [1.82, 2.24) is 0 Å². The van der Waals surface area contributed by atoms with Crippen LogP contribution in [0.3, 0.4) is 0 Å². The van der Waals surface area contributed by atoms with E-state index in [1.54, 1.807) is 6.92 Å². The van der Waals surface area contributed by atoms with E-state index in [0.29, 0.717) is 12.2 Å². The zero-order chi connectivity index (χ0) is 23.8. The largest absolute Gasteiger partial charge is 0.462 e. The molecule has 30 heavy (non-hydrogen) atoms. The van der Waals surface area contributed by atoms with Crippen molar-refractivity contribution in [3.8, 4) is 0 Å². The molecule has 0 aliphatic carbocycles. The van der Waals surface area contributed by atoms with Crippen LogP contribution in [0.4, 0.5) is 0 Å². The van der Waals surface area contributed by atoms with Crippen molar-refractivity contribution in [3.63, 3.8) is 0 Å². The Morgan fingerprint density at radius 3 is 2.07 bits per heavy atom. The number of unbranched alkanes of at least 4 members (excludes halogenated alkanes) is 1. The highest BCUT2D eigenvalue weighted by molar-refractivity contribution is 6.81. The van der Waals surface area contributed by atoms with Crippen molar-refractivity contribution < 1.29 is 18.4 Å². The van der Waals surface area contributed by atoms with Crippen LogP contribution in [0.25, 0.3) is 0 Å². The van der Waals surface area contributed by atoms with Gasteiger partial charge in [-0.3, -0.25) is 0 Å². The number of ether oxygens (including phenoxy) is 1. The first-order valence-corrected chi connectivity index (χ1v) is 21.0. The number of rotatable bonds is 15. The summed E-state index contributed by atoms with van der Waals surface area (Å²) in [6.07, 6.45) is 4.33. The summed E-state index contributed by atoms with van der Waals surface area (Å²) in [5, 5.41) is -0.174. The molecule has 0 aliphatic rings. The molecule has 2 unspecified atom stereocenters. The van der Waals surface area contributed by atoms with Gasteiger partial charge in [0, 0.05) is 11.3 Å². The van der Waals surface area contributed by atoms with Gasteiger partial charge in [-0.2, -0.15) is 0 Å². The van der Waals surface area contributed by atoms with Gasteiger partial charge < -0.3 is 13.6 Å². The van der Waals surface area contributed by atoms with Crippen LogP contribution < -0.4 is 0 Å². The summed E-state index contributed by atoms with van der Waals surface area (Å²) in [4.78, 5) is 11.6. The quantitative estimate of drug-likeness (QED) is 0.110. The van der Waals surface area contributed by atoms with Crippen molar-refractivity contribution in [3.05, 3.63) is 12.2 Å². The Kier molecular flexibility index (Phi) is 12.0. The number of carbonyl (C=O) groups excluding carboxylic acids is 1. The Hall–Kier alpha value is -0.219. The third kappa shape index (κ3) is 9.51. The Balaban J connectivity index is 5.05. The smallest absolute Gasteiger partial charge is 0.333 e. The van der Waals surface area contributed by atoms with Gasteiger partial charge in [0.15, 0.2) is 8.32 Å². The molecule has 178 valence electrons. The van der Waals surface area contributed by atoms with Gasteiger partial charge >= 0.3 is 5.97 Å². The maximum absolute atomic E-state index is 11.6. The van der Waals surface area contributed by atoms with Gasteiger partial charge in [-0.05, 0) is 65.8 Å². The second-order valence-corrected chi connectivity index (χ2v) is 24.7. The Morgan fingerprint density at radius 2 is 1.60 bits per heavy atom. The van der Waals surface area contributed by atoms with Gasteiger partial charge in [0.1, 0.15) is 0 Å². The minimum atomic E-state index is -2.11. The first kappa shape index (κ1) is 29.8. The maximum Gasteiger partial charge on any atom is 0.333 e. The van der Waals surface area contributed by atoms with E-state index in [1.165, 1.54) is 18.9 Å². The van der Waals surface area contributed by atoms with Crippen LogP contribution in [0.5, 0.6) is 0 Å². The lowest BCUT2D eigenvalue weighted by Gasteiger charge is -2.48. The Labute approximate surface area is 190 Å². The summed E-state index contributed by atoms with van der Waals surface area (Å²) in [6, 6.07) is 2.28. The van der Waals surface area contributed by atoms with E-state index in [4.69, 9.17) is 13.6 Å². The first-order valence-electron chi connectivity index (χ1n) is 11.7. The lowest BCUT2D eigenvalue weighted by atomic mass is 10.3. The molecule has 7 heteroatoms. The molecule has 0 spiro atoms. The average molecular weight is 475 g/mol. The van der Waals surface area contributed by atoms with Gasteiger partial charge in [0.05, 0.1) is 19.9 Å². The molecule has 0 aromatic heterocycles. The predicted molar refractivity (Wildman–Crippen MR) is 138 cm³/mol. The van der Waals surface area contributed by atoms with Crippen LogP contribution in [0.15, 0.2) is 12.2 Å². The average Bonchev–Trinajstić information content (AvgIpc) is 2.62. The van der Waals surface area contributed by atoms with E-state index in [-0.39, 0.29) is 16.9 Å². The molecule has 0 aromatic rings. The van der Waals surface area contributed by atoms with E-state index >= 15 is 0 Å². The molecule has 0 N–H and O–H groups in total. The van der Waals surface area contributed by atoms with E-state index in [1.807, 2.05) is 0 Å². The van der Waals surface area contributed by atoms with Crippen molar-refractivity contribution >= 4 is 30.7 Å². The normalized spacial score (nSPS) is 16.1. The molecule has 2 atom stereocenters. The van der Waals surface area contributed by atoms with Crippen LogP contribution in [0.1, 0.15) is 60.3 Å². The molecule has 0 rings (SSSR count). The van der Waals surface area contributed by atoms with Crippen LogP contribution >= 0.6 is 0 Å². The predicted octanol–water partition coefficient (Wildman–Crippen LogP) is 7.08. The SMILES string of the molecule is C=C(C)C(=O)OCCC[Si](C)(C)C(C)O[Si](C)(C)C(C)(CC)O[Si](C)(C)CCCC. The zero-order valence-corrected chi connectivity index (χ0v) is 24.9. The third-order valence-electron chi connectivity index (χ3n) is 6.70. The van der Waals surface area contributed by atoms with E-state index in [2.05, 4.69) is 73.6 Å². The zero-order valence-electron chi connectivity index (χ0n) is 21.9. The molecule has 0 saturated carbocycles. The summed E-state index contributed by atoms with van der Waals surface area (Å²) in [5.41, 5.74) is 0.700. The van der Waals surface area contributed by atoms with Gasteiger partial charge in [0.2, 0.25) is 8.32 Å². The van der Waals surface area contributed by atoms with Crippen molar-refractivity contribution in [1.29, 1.82) is 0 Å². The second-order valence-electron chi connectivity index (χ2n) is 10.8. The van der Waals surface area contributed by atoms with Crippen molar-refractivity contribution in [2.75, 3.05) is 6.61 Å². The Morgan fingerprint density at radius 1 is 1.03 bits per heavy atom. The topological polar surface area (TPSA) is 44.8 Å². The highest BCUT2D eigenvalue weighted by atomic mass is 28.4. The molecule has 0 heterocycles. The van der Waals surface area contributed by atoms with Crippen LogP contribution in [-0.4, -0.2) is 48.2 Å². The fraction of sp³-hybridized carbons (Fsp3) is 0.870. The molecule has 0 radical (unpaired) electrons. The lowest BCUT2D eigenvalue weighted by molar-refractivity contribution is -0.138. The maximum atomic E-state index is 11.6. The van der Waals surface area contributed by atoms with Gasteiger partial charge in [-0.1, -0.05) is 52.4 Å². The fourth-order valence-electron chi connectivity index (χ4n) is 3.63. The van der Waals surface area contributed by atoms with Gasteiger partial charge in [-0.15, -0.1) is 0 Å². The molecule has 4 nitrogen and oxygen atoms in total. The minimum absolute atomic E-state index is 0.174. The fourth-order valence-corrected chi connectivity index (χ4v) is 13.7. The minimum Gasteiger partial charge on any atom is -0.462 e. The van der Waals surface area contributed by atoms with E-state index in [9.17, 15) is 4.79 Å². The van der Waals surface area contributed by atoms with E-state index in [0.717, 1.165) is 18.9 Å². The summed E-state index contributed by atoms with van der Waals surface area (Å²) in [6.45, 7) is 28.9. The molecule has 0 aliphatic heterocycles. The van der Waals surface area contributed by atoms with Crippen molar-refractivity contribution in [2.45, 2.75) is 123 Å². The molecular weight excluding hydrogens is 425 g/mol. The van der Waals surface area contributed by atoms with E-state index < -0.39 is 24.7 Å². The number of esters is 1. The molecule has 0 amide bonds. The van der Waals surface area contributed by atoms with Crippen LogP contribution in [-0.2, 0) is 18.4 Å². The molecule has 0 aromatic carbocycles. The van der Waals surface area contributed by atoms with Crippen molar-refractivity contribution in [2.24, 2.45) is 0 Å². The summed E-state index contributed by atoms with van der Waals surface area (Å²) >= 11 is 0. The molecule has 0 fully saturated rings. The van der Waals surface area contributed by atoms with Crippen LogP contribution in [0, 0.1) is 0 Å². The third-order valence-corrected chi connectivity index (χ3v) is 17.6. The summed E-state index contributed by atoms with van der Waals surface area (Å²) in [7, 11) is -5.46. The lowest BCUT2D eigenvalue weighted by Crippen LogP contribution is -2.62. The van der Waals surface area contributed by atoms with Crippen LogP contribution in [0.2, 0.25) is 51.4 Å². The number of carbonyl (C=O) groups is 1. The number of hydrogen-bond donors (Lipinski definition) is 0. The molecule has 0 bridgehead atoms. The standard InChI is InChI=1S/C23H50O4Si3/c1-13-15-19-29(9,10)27-23(6,14-2)30(11,12)26-21(5)28(7,8)18-16-17-25-22(24)20(3)4/h21H,3,13-19H2,1-2,4-12H3. The van der Waals surface area contributed by atoms with Gasteiger partial charge in [-0.25, -0.2) is 4.79 Å². The molecular formula is C23H50O4Si3. The monoisotopic (exact) mass is 474 g/mol. The summed E-state index contributed by atoms with van der Waals surface area (Å²) < 4.78 is 19.1. The van der Waals surface area contributed by atoms with Gasteiger partial charge in [0.25, 0.3) is 0 Å². The Bertz CT molecular complexity index is 561. The summed E-state index contributed by atoms with van der Waals surface area (Å²) in [5.74, 6) is -0.293. The highest BCUT2D eigenvalue weighted by Gasteiger charge is 2.49. The highest BCUT2D eigenvalue weighted by Crippen LogP contribution is 2.36. The first-order chi connectivity index (χ1) is 13.5.